The summed E-state index contributed by atoms with van der Waals surface area (Å²) in [6.45, 7) is -0.00489. The van der Waals surface area contributed by atoms with Gasteiger partial charge in [0.1, 0.15) is 6.54 Å². The number of hydrogen-bond donors (Lipinski definition) is 1. The minimum atomic E-state index is -0.235. The van der Waals surface area contributed by atoms with Crippen molar-refractivity contribution in [2.75, 3.05) is 5.32 Å². The van der Waals surface area contributed by atoms with Crippen molar-refractivity contribution in [3.05, 3.63) is 87.8 Å². The molecule has 0 spiro atoms. The third-order valence-corrected chi connectivity index (χ3v) is 4.94. The van der Waals surface area contributed by atoms with Gasteiger partial charge in [-0.15, -0.1) is 0 Å². The molecule has 2 aromatic carbocycles. The summed E-state index contributed by atoms with van der Waals surface area (Å²) in [6.07, 6.45) is 1.60. The number of pyridine rings is 1. The van der Waals surface area contributed by atoms with Gasteiger partial charge in [-0.3, -0.25) is 9.59 Å². The molecule has 0 aliphatic carbocycles. The van der Waals surface area contributed by atoms with Crippen LogP contribution in [0.15, 0.2) is 92.0 Å². The van der Waals surface area contributed by atoms with E-state index in [1.54, 1.807) is 30.1 Å². The van der Waals surface area contributed by atoms with E-state index in [4.69, 9.17) is 0 Å². The summed E-state index contributed by atoms with van der Waals surface area (Å²) in [6, 6.07) is 20.5. The molecule has 1 N–H and O–H groups in total. The van der Waals surface area contributed by atoms with Gasteiger partial charge >= 0.3 is 0 Å². The maximum atomic E-state index is 12.1. The van der Waals surface area contributed by atoms with E-state index in [2.05, 4.69) is 21.2 Å². The van der Waals surface area contributed by atoms with Crippen LogP contribution in [0.5, 0.6) is 0 Å². The highest BCUT2D eigenvalue weighted by molar-refractivity contribution is 9.10. The molecule has 0 saturated heterocycles. The maximum Gasteiger partial charge on any atom is 0.250 e. The van der Waals surface area contributed by atoms with Crippen molar-refractivity contribution in [1.82, 2.24) is 4.57 Å². The number of anilines is 1. The third kappa shape index (κ3) is 5.08. The molecule has 1 amide bonds. The second-order valence-corrected chi connectivity index (χ2v) is 7.36. The molecule has 25 heavy (non-hydrogen) atoms. The summed E-state index contributed by atoms with van der Waals surface area (Å²) in [7, 11) is 0. The number of carbonyl (C=O) groups is 1. The molecule has 1 heterocycles. The summed E-state index contributed by atoms with van der Waals surface area (Å²) in [5.41, 5.74) is 0.507. The highest BCUT2D eigenvalue weighted by Gasteiger charge is 2.05. The van der Waals surface area contributed by atoms with Gasteiger partial charge in [0.05, 0.1) is 0 Å². The zero-order valence-corrected chi connectivity index (χ0v) is 15.6. The largest absolute Gasteiger partial charge is 0.325 e. The molecule has 0 aliphatic heterocycles. The van der Waals surface area contributed by atoms with Crippen LogP contribution in [0.25, 0.3) is 0 Å². The monoisotopic (exact) mass is 414 g/mol. The van der Waals surface area contributed by atoms with Crippen LogP contribution < -0.4 is 10.9 Å². The quantitative estimate of drug-likeness (QED) is 0.672. The summed E-state index contributed by atoms with van der Waals surface area (Å²) < 4.78 is 2.42. The van der Waals surface area contributed by atoms with Crippen molar-refractivity contribution in [3.8, 4) is 0 Å². The average molecular weight is 415 g/mol. The Balaban J connectivity index is 1.60. The Morgan fingerprint density at radius 3 is 2.24 bits per heavy atom. The molecule has 4 nitrogen and oxygen atoms in total. The Kier molecular flexibility index (Phi) is 5.73. The number of halogens is 1. The number of nitrogens with one attached hydrogen (secondary N) is 1. The fourth-order valence-corrected chi connectivity index (χ4v) is 3.27. The van der Waals surface area contributed by atoms with Crippen molar-refractivity contribution in [2.45, 2.75) is 16.3 Å². The van der Waals surface area contributed by atoms with Crippen LogP contribution in [0.3, 0.4) is 0 Å². The minimum Gasteiger partial charge on any atom is -0.325 e. The number of hydrogen-bond acceptors (Lipinski definition) is 3. The van der Waals surface area contributed by atoms with Crippen molar-refractivity contribution < 1.29 is 4.79 Å². The molecular weight excluding hydrogens is 400 g/mol. The first-order valence-corrected chi connectivity index (χ1v) is 9.20. The predicted octanol–water partition coefficient (Wildman–Crippen LogP) is 4.40. The molecular formula is C19H15BrN2O2S. The predicted molar refractivity (Wildman–Crippen MR) is 104 cm³/mol. The first-order chi connectivity index (χ1) is 12.1. The van der Waals surface area contributed by atoms with Crippen molar-refractivity contribution >= 4 is 39.3 Å². The zero-order valence-electron chi connectivity index (χ0n) is 13.2. The summed E-state index contributed by atoms with van der Waals surface area (Å²) in [4.78, 5) is 25.9. The topological polar surface area (TPSA) is 51.1 Å². The second kappa shape index (κ2) is 8.18. The Morgan fingerprint density at radius 2 is 1.60 bits per heavy atom. The first kappa shape index (κ1) is 17.5. The zero-order chi connectivity index (χ0) is 17.6. The lowest BCUT2D eigenvalue weighted by molar-refractivity contribution is -0.116. The molecule has 3 rings (SSSR count). The molecule has 0 saturated carbocycles. The van der Waals surface area contributed by atoms with Crippen LogP contribution in [0.2, 0.25) is 0 Å². The SMILES string of the molecule is O=C(Cn1ccccc1=O)Nc1ccc(Sc2ccc(Br)cc2)cc1. The van der Waals surface area contributed by atoms with Crippen LogP contribution in [-0.4, -0.2) is 10.5 Å². The maximum absolute atomic E-state index is 12.1. The molecule has 0 aliphatic rings. The van der Waals surface area contributed by atoms with Gasteiger partial charge in [-0.25, -0.2) is 0 Å². The van der Waals surface area contributed by atoms with E-state index in [1.165, 1.54) is 10.6 Å². The molecule has 1 aromatic heterocycles. The minimum absolute atomic E-state index is 0.00489. The summed E-state index contributed by atoms with van der Waals surface area (Å²) >= 11 is 5.07. The highest BCUT2D eigenvalue weighted by Crippen LogP contribution is 2.29. The molecule has 0 bridgehead atoms. The van der Waals surface area contributed by atoms with Crippen LogP contribution >= 0.6 is 27.7 Å². The second-order valence-electron chi connectivity index (χ2n) is 5.30. The summed E-state index contributed by atoms with van der Waals surface area (Å²) in [5, 5.41) is 2.80. The smallest absolute Gasteiger partial charge is 0.250 e. The number of benzene rings is 2. The Labute approximate surface area is 158 Å². The third-order valence-electron chi connectivity index (χ3n) is 3.40. The number of carbonyl (C=O) groups excluding carboxylic acids is 1. The van der Waals surface area contributed by atoms with E-state index in [-0.39, 0.29) is 18.0 Å². The molecule has 6 heteroatoms. The Bertz CT molecular complexity index is 921. The molecule has 3 aromatic rings. The normalized spacial score (nSPS) is 10.4. The number of amides is 1. The van der Waals surface area contributed by atoms with Crippen LogP contribution in [0, 0.1) is 0 Å². The number of nitrogens with zero attached hydrogens (tertiary/aromatic N) is 1. The summed E-state index contributed by atoms with van der Waals surface area (Å²) in [5.74, 6) is -0.235. The van der Waals surface area contributed by atoms with E-state index >= 15 is 0 Å². The van der Waals surface area contributed by atoms with Gasteiger partial charge in [-0.1, -0.05) is 33.8 Å². The molecule has 0 fully saturated rings. The lowest BCUT2D eigenvalue weighted by Gasteiger charge is -2.08. The molecule has 0 radical (unpaired) electrons. The van der Waals surface area contributed by atoms with E-state index in [9.17, 15) is 9.59 Å². The Morgan fingerprint density at radius 1 is 0.960 bits per heavy atom. The molecule has 126 valence electrons. The van der Waals surface area contributed by atoms with Crippen LogP contribution in [-0.2, 0) is 11.3 Å². The first-order valence-electron chi connectivity index (χ1n) is 7.59. The van der Waals surface area contributed by atoms with Gasteiger partial charge in [-0.05, 0) is 54.6 Å². The fraction of sp³-hybridized carbons (Fsp3) is 0.0526. The molecule has 0 atom stereocenters. The lowest BCUT2D eigenvalue weighted by atomic mass is 10.3. The van der Waals surface area contributed by atoms with Gasteiger partial charge in [0, 0.05) is 32.2 Å². The number of rotatable bonds is 5. The molecule has 0 unspecified atom stereocenters. The highest BCUT2D eigenvalue weighted by atomic mass is 79.9. The lowest BCUT2D eigenvalue weighted by Crippen LogP contribution is -2.26. The van der Waals surface area contributed by atoms with Crippen molar-refractivity contribution in [1.29, 1.82) is 0 Å². The van der Waals surface area contributed by atoms with E-state index in [0.717, 1.165) is 14.3 Å². The average Bonchev–Trinajstić information content (AvgIpc) is 2.61. The van der Waals surface area contributed by atoms with Crippen molar-refractivity contribution in [3.63, 3.8) is 0 Å². The van der Waals surface area contributed by atoms with E-state index < -0.39 is 0 Å². The van der Waals surface area contributed by atoms with Gasteiger partial charge < -0.3 is 9.88 Å². The van der Waals surface area contributed by atoms with E-state index in [0.29, 0.717) is 5.69 Å². The van der Waals surface area contributed by atoms with Crippen LogP contribution in [0.1, 0.15) is 0 Å². The van der Waals surface area contributed by atoms with Gasteiger partial charge in [0.25, 0.3) is 5.56 Å². The van der Waals surface area contributed by atoms with Crippen molar-refractivity contribution in [2.24, 2.45) is 0 Å². The number of aromatic nitrogens is 1. The van der Waals surface area contributed by atoms with Crippen LogP contribution in [0.4, 0.5) is 5.69 Å². The fourth-order valence-electron chi connectivity index (χ4n) is 2.19. The van der Waals surface area contributed by atoms with E-state index in [1.807, 2.05) is 48.5 Å². The standard InChI is InChI=1S/C19H15BrN2O2S/c20-14-4-8-16(9-5-14)25-17-10-6-15(7-11-17)21-18(23)13-22-12-2-1-3-19(22)24/h1-12H,13H2,(H,21,23). The Hall–Kier alpha value is -2.31. The van der Waals surface area contributed by atoms with Gasteiger partial charge in [0.2, 0.25) is 5.91 Å². The van der Waals surface area contributed by atoms with Gasteiger partial charge in [-0.2, -0.15) is 0 Å². The van der Waals surface area contributed by atoms with Gasteiger partial charge in [0.15, 0.2) is 0 Å².